The Morgan fingerprint density at radius 1 is 1.20 bits per heavy atom. The van der Waals surface area contributed by atoms with E-state index in [9.17, 15) is 0 Å². The van der Waals surface area contributed by atoms with Gasteiger partial charge in [-0.2, -0.15) is 0 Å². The fraction of sp³-hybridized carbons (Fsp3) is 0.385. The number of rotatable bonds is 2. The Kier molecular flexibility index (Phi) is 2.22. The summed E-state index contributed by atoms with van der Waals surface area (Å²) >= 11 is 0. The number of fused-ring (bicyclic) bond motifs is 1. The molecule has 1 N–H and O–H groups in total. The molecule has 2 aliphatic rings. The minimum Gasteiger partial charge on any atom is -0.486 e. The van der Waals surface area contributed by atoms with Crippen molar-refractivity contribution in [2.75, 3.05) is 13.1 Å². The van der Waals surface area contributed by atoms with E-state index < -0.39 is 0 Å². The SMILES string of the molecule is C1=C2CNC[C@@H]2C[C@H]1Oc1ccccc1. The van der Waals surface area contributed by atoms with Crippen LogP contribution in [-0.4, -0.2) is 19.2 Å². The van der Waals surface area contributed by atoms with E-state index in [4.69, 9.17) is 4.74 Å². The molecule has 1 aliphatic heterocycles. The second kappa shape index (κ2) is 3.70. The Morgan fingerprint density at radius 3 is 2.87 bits per heavy atom. The third kappa shape index (κ3) is 1.77. The number of ether oxygens (including phenoxy) is 1. The lowest BCUT2D eigenvalue weighted by molar-refractivity contribution is 0.236. The van der Waals surface area contributed by atoms with Crippen LogP contribution in [0, 0.1) is 5.92 Å². The van der Waals surface area contributed by atoms with Gasteiger partial charge in [0, 0.05) is 13.1 Å². The molecule has 0 spiro atoms. The topological polar surface area (TPSA) is 21.3 Å². The van der Waals surface area contributed by atoms with Gasteiger partial charge in [-0.3, -0.25) is 0 Å². The van der Waals surface area contributed by atoms with Crippen molar-refractivity contribution in [3.63, 3.8) is 0 Å². The summed E-state index contributed by atoms with van der Waals surface area (Å²) in [5.74, 6) is 1.70. The van der Waals surface area contributed by atoms with Gasteiger partial charge in [0.05, 0.1) is 0 Å². The van der Waals surface area contributed by atoms with Gasteiger partial charge in [-0.25, -0.2) is 0 Å². The molecule has 2 nitrogen and oxygen atoms in total. The van der Waals surface area contributed by atoms with Crippen LogP contribution in [0.4, 0.5) is 0 Å². The summed E-state index contributed by atoms with van der Waals surface area (Å²) in [7, 11) is 0. The molecule has 0 saturated carbocycles. The molecule has 2 heteroatoms. The summed E-state index contributed by atoms with van der Waals surface area (Å²) in [5, 5.41) is 3.38. The fourth-order valence-electron chi connectivity index (χ4n) is 2.44. The second-order valence-corrected chi connectivity index (χ2v) is 4.27. The molecule has 0 bridgehead atoms. The van der Waals surface area contributed by atoms with Crippen LogP contribution in [0.5, 0.6) is 5.75 Å². The van der Waals surface area contributed by atoms with Gasteiger partial charge in [-0.1, -0.05) is 23.8 Å². The molecule has 1 aromatic rings. The van der Waals surface area contributed by atoms with Crippen molar-refractivity contribution in [2.45, 2.75) is 12.5 Å². The summed E-state index contributed by atoms with van der Waals surface area (Å²) in [6, 6.07) is 10.1. The van der Waals surface area contributed by atoms with Crippen molar-refractivity contribution in [2.24, 2.45) is 5.92 Å². The summed E-state index contributed by atoms with van der Waals surface area (Å²) < 4.78 is 5.91. The molecular formula is C13H15NO. The Bertz CT molecular complexity index is 371. The van der Waals surface area contributed by atoms with E-state index in [0.717, 1.165) is 31.2 Å². The molecule has 1 heterocycles. The Hall–Kier alpha value is -1.28. The molecule has 1 aromatic carbocycles. The van der Waals surface area contributed by atoms with Gasteiger partial charge in [0.1, 0.15) is 11.9 Å². The molecule has 0 radical (unpaired) electrons. The first-order valence-corrected chi connectivity index (χ1v) is 5.55. The average Bonchev–Trinajstić information content (AvgIpc) is 2.79. The van der Waals surface area contributed by atoms with E-state index in [1.54, 1.807) is 0 Å². The van der Waals surface area contributed by atoms with E-state index in [1.165, 1.54) is 5.57 Å². The summed E-state index contributed by atoms with van der Waals surface area (Å²) in [4.78, 5) is 0. The monoisotopic (exact) mass is 201 g/mol. The average molecular weight is 201 g/mol. The van der Waals surface area contributed by atoms with Crippen LogP contribution in [-0.2, 0) is 0 Å². The molecule has 1 aliphatic carbocycles. The lowest BCUT2D eigenvalue weighted by atomic mass is 10.1. The predicted molar refractivity (Wildman–Crippen MR) is 59.9 cm³/mol. The quantitative estimate of drug-likeness (QED) is 0.739. The van der Waals surface area contributed by atoms with Gasteiger partial charge in [-0.15, -0.1) is 0 Å². The van der Waals surface area contributed by atoms with Gasteiger partial charge < -0.3 is 10.1 Å². The van der Waals surface area contributed by atoms with Crippen LogP contribution < -0.4 is 10.1 Å². The maximum atomic E-state index is 5.91. The zero-order chi connectivity index (χ0) is 10.1. The molecule has 78 valence electrons. The third-order valence-electron chi connectivity index (χ3n) is 3.19. The minimum absolute atomic E-state index is 0.287. The molecule has 0 unspecified atom stereocenters. The van der Waals surface area contributed by atoms with Gasteiger partial charge >= 0.3 is 0 Å². The highest BCUT2D eigenvalue weighted by molar-refractivity contribution is 5.26. The summed E-state index contributed by atoms with van der Waals surface area (Å²) in [6.07, 6.45) is 3.71. The largest absolute Gasteiger partial charge is 0.486 e. The van der Waals surface area contributed by atoms with Crippen molar-refractivity contribution < 1.29 is 4.74 Å². The van der Waals surface area contributed by atoms with Crippen molar-refractivity contribution in [1.29, 1.82) is 0 Å². The van der Waals surface area contributed by atoms with Crippen LogP contribution in [0.15, 0.2) is 42.0 Å². The van der Waals surface area contributed by atoms with E-state index >= 15 is 0 Å². The number of para-hydroxylation sites is 1. The summed E-state index contributed by atoms with van der Waals surface area (Å²) in [5.41, 5.74) is 1.54. The Balaban J connectivity index is 1.69. The normalized spacial score (nSPS) is 28.7. The summed E-state index contributed by atoms with van der Waals surface area (Å²) in [6.45, 7) is 2.18. The molecule has 0 aromatic heterocycles. The molecule has 2 atom stereocenters. The van der Waals surface area contributed by atoms with Gasteiger partial charge in [0.25, 0.3) is 0 Å². The van der Waals surface area contributed by atoms with Crippen LogP contribution >= 0.6 is 0 Å². The number of hydrogen-bond donors (Lipinski definition) is 1. The lowest BCUT2D eigenvalue weighted by Crippen LogP contribution is -2.16. The maximum Gasteiger partial charge on any atom is 0.120 e. The lowest BCUT2D eigenvalue weighted by Gasteiger charge is -2.13. The van der Waals surface area contributed by atoms with Crippen molar-refractivity contribution in [3.05, 3.63) is 42.0 Å². The van der Waals surface area contributed by atoms with Crippen LogP contribution in [0.1, 0.15) is 6.42 Å². The van der Waals surface area contributed by atoms with Gasteiger partial charge in [-0.05, 0) is 30.5 Å². The number of benzene rings is 1. The second-order valence-electron chi connectivity index (χ2n) is 4.27. The highest BCUT2D eigenvalue weighted by atomic mass is 16.5. The molecule has 1 fully saturated rings. The Labute approximate surface area is 89.9 Å². The highest BCUT2D eigenvalue weighted by Gasteiger charge is 2.30. The fourth-order valence-corrected chi connectivity index (χ4v) is 2.44. The maximum absolute atomic E-state index is 5.91. The molecule has 1 saturated heterocycles. The van der Waals surface area contributed by atoms with Crippen molar-refractivity contribution in [3.8, 4) is 5.75 Å². The third-order valence-corrected chi connectivity index (χ3v) is 3.19. The van der Waals surface area contributed by atoms with Gasteiger partial charge in [0.2, 0.25) is 0 Å². The van der Waals surface area contributed by atoms with Crippen LogP contribution in [0.25, 0.3) is 0 Å². The minimum atomic E-state index is 0.287. The zero-order valence-electron chi connectivity index (χ0n) is 8.65. The van der Waals surface area contributed by atoms with E-state index in [-0.39, 0.29) is 6.10 Å². The van der Waals surface area contributed by atoms with Crippen LogP contribution in [0.2, 0.25) is 0 Å². The van der Waals surface area contributed by atoms with Crippen molar-refractivity contribution >= 4 is 0 Å². The van der Waals surface area contributed by atoms with Crippen molar-refractivity contribution in [1.82, 2.24) is 5.32 Å². The Morgan fingerprint density at radius 2 is 2.07 bits per heavy atom. The molecule has 3 rings (SSSR count). The zero-order valence-corrected chi connectivity index (χ0v) is 8.65. The van der Waals surface area contributed by atoms with Gasteiger partial charge in [0.15, 0.2) is 0 Å². The van der Waals surface area contributed by atoms with E-state index in [2.05, 4.69) is 11.4 Å². The number of hydrogen-bond acceptors (Lipinski definition) is 2. The first-order valence-electron chi connectivity index (χ1n) is 5.55. The first kappa shape index (κ1) is 8.98. The molecular weight excluding hydrogens is 186 g/mol. The number of nitrogens with one attached hydrogen (secondary N) is 1. The van der Waals surface area contributed by atoms with Crippen LogP contribution in [0.3, 0.4) is 0 Å². The first-order chi connectivity index (χ1) is 7.42. The van der Waals surface area contributed by atoms with E-state index in [1.807, 2.05) is 30.3 Å². The predicted octanol–water partition coefficient (Wildman–Crippen LogP) is 1.98. The van der Waals surface area contributed by atoms with E-state index in [0.29, 0.717) is 0 Å². The highest BCUT2D eigenvalue weighted by Crippen LogP contribution is 2.31. The molecule has 15 heavy (non-hydrogen) atoms. The smallest absolute Gasteiger partial charge is 0.120 e. The molecule has 0 amide bonds. The standard InChI is InChI=1S/C13H15NO/c1-2-4-12(5-3-1)15-13-6-10-8-14-9-11(10)7-13/h1-6,11,13-14H,7-9H2/t11-,13-/m0/s1.